The number of allylic oxidation sites excluding steroid dienone is 4. The summed E-state index contributed by atoms with van der Waals surface area (Å²) in [5, 5.41) is 1.75. The van der Waals surface area contributed by atoms with Gasteiger partial charge in [-0.25, -0.2) is 0 Å². The Hall–Kier alpha value is 0.390. The number of hydrogen-bond acceptors (Lipinski definition) is 0. The lowest BCUT2D eigenvalue weighted by Crippen LogP contribution is -2.04. The molecule has 0 unspecified atom stereocenters. The van der Waals surface area contributed by atoms with Crippen LogP contribution in [0.15, 0.2) is 21.9 Å². The smallest absolute Gasteiger partial charge is 0.0212 e. The highest BCUT2D eigenvalue weighted by Gasteiger charge is 2.36. The van der Waals surface area contributed by atoms with Gasteiger partial charge < -0.3 is 0 Å². The Balaban J connectivity index is 2.20. The van der Waals surface area contributed by atoms with Crippen molar-refractivity contribution in [3.8, 4) is 0 Å². The summed E-state index contributed by atoms with van der Waals surface area (Å²) < 4.78 is 1.41. The van der Waals surface area contributed by atoms with Crippen molar-refractivity contribution < 1.29 is 0 Å². The van der Waals surface area contributed by atoms with Crippen LogP contribution in [0.1, 0.15) is 46.0 Å². The van der Waals surface area contributed by atoms with Crippen LogP contribution in [0.4, 0.5) is 0 Å². The van der Waals surface area contributed by atoms with Crippen molar-refractivity contribution in [3.63, 3.8) is 0 Å². The number of halogens is 1. The van der Waals surface area contributed by atoms with E-state index in [9.17, 15) is 0 Å². The molecular weight excluding hydrogens is 267 g/mol. The lowest BCUT2D eigenvalue weighted by molar-refractivity contribution is 0.696. The van der Waals surface area contributed by atoms with Crippen molar-refractivity contribution >= 4 is 23.9 Å². The van der Waals surface area contributed by atoms with E-state index >= 15 is 0 Å². The second-order valence-corrected chi connectivity index (χ2v) is 8.18. The summed E-state index contributed by atoms with van der Waals surface area (Å²) in [4.78, 5) is 0. The van der Waals surface area contributed by atoms with E-state index in [-0.39, 0.29) is 7.92 Å². The predicted octanol–water partition coefficient (Wildman–Crippen LogP) is 5.39. The van der Waals surface area contributed by atoms with E-state index in [1.807, 2.05) is 0 Å². The van der Waals surface area contributed by atoms with Crippen molar-refractivity contribution in [1.82, 2.24) is 0 Å². The first kappa shape index (κ1) is 11.9. The Kier molecular flexibility index (Phi) is 4.07. The molecule has 1 aliphatic heterocycles. The normalized spacial score (nSPS) is 31.9. The van der Waals surface area contributed by atoms with E-state index in [1.165, 1.54) is 36.6 Å². The van der Waals surface area contributed by atoms with E-state index in [0.29, 0.717) is 0 Å². The third-order valence-corrected chi connectivity index (χ3v) is 8.64. The van der Waals surface area contributed by atoms with Gasteiger partial charge in [0.05, 0.1) is 0 Å². The van der Waals surface area contributed by atoms with Gasteiger partial charge in [-0.05, 0) is 48.7 Å². The Morgan fingerprint density at radius 1 is 1.27 bits per heavy atom. The molecule has 0 bridgehead atoms. The third kappa shape index (κ3) is 2.24. The standard InChI is InChI=1S/C13H20BrP/c1-3-10-8-9-11(4-2)15(10)13-7-5-6-12(13)14/h5-6,10-11H,3-4,7-9H2,1-2H3/t10-,11-/m1/s1. The summed E-state index contributed by atoms with van der Waals surface area (Å²) in [6, 6.07) is 0. The van der Waals surface area contributed by atoms with Gasteiger partial charge in [-0.1, -0.05) is 49.9 Å². The molecule has 0 N–H and O–H groups in total. The Bertz CT molecular complexity index is 281. The van der Waals surface area contributed by atoms with Gasteiger partial charge in [0.2, 0.25) is 0 Å². The molecule has 84 valence electrons. The molecule has 1 saturated heterocycles. The first-order chi connectivity index (χ1) is 7.27. The maximum Gasteiger partial charge on any atom is 0.0212 e. The maximum absolute atomic E-state index is 3.74. The summed E-state index contributed by atoms with van der Waals surface area (Å²) in [6.07, 6.45) is 11.5. The fraction of sp³-hybridized carbons (Fsp3) is 0.692. The topological polar surface area (TPSA) is 0 Å². The Labute approximate surface area is 103 Å². The van der Waals surface area contributed by atoms with Crippen LogP contribution in [0.2, 0.25) is 0 Å². The zero-order valence-electron chi connectivity index (χ0n) is 9.67. The third-order valence-electron chi connectivity index (χ3n) is 3.73. The second kappa shape index (κ2) is 5.15. The molecule has 2 aliphatic rings. The van der Waals surface area contributed by atoms with Gasteiger partial charge in [0.15, 0.2) is 0 Å². The van der Waals surface area contributed by atoms with Gasteiger partial charge in [-0.15, -0.1) is 0 Å². The van der Waals surface area contributed by atoms with Gasteiger partial charge in [-0.2, -0.15) is 0 Å². The summed E-state index contributed by atoms with van der Waals surface area (Å²) in [7, 11) is 0.158. The highest BCUT2D eigenvalue weighted by atomic mass is 79.9. The van der Waals surface area contributed by atoms with Crippen LogP contribution in [0.25, 0.3) is 0 Å². The van der Waals surface area contributed by atoms with Crippen LogP contribution < -0.4 is 0 Å². The molecule has 1 fully saturated rings. The minimum Gasteiger partial charge on any atom is -0.0789 e. The van der Waals surface area contributed by atoms with Gasteiger partial charge >= 0.3 is 0 Å². The lowest BCUT2D eigenvalue weighted by Gasteiger charge is -2.26. The second-order valence-electron chi connectivity index (χ2n) is 4.51. The van der Waals surface area contributed by atoms with E-state index in [0.717, 1.165) is 11.3 Å². The van der Waals surface area contributed by atoms with Crippen LogP contribution in [-0.4, -0.2) is 11.3 Å². The van der Waals surface area contributed by atoms with E-state index in [2.05, 4.69) is 41.9 Å². The van der Waals surface area contributed by atoms with Crippen LogP contribution >= 0.6 is 23.9 Å². The maximum atomic E-state index is 3.74. The largest absolute Gasteiger partial charge is 0.0789 e. The van der Waals surface area contributed by atoms with Gasteiger partial charge in [-0.3, -0.25) is 0 Å². The fourth-order valence-corrected chi connectivity index (χ4v) is 7.62. The van der Waals surface area contributed by atoms with Gasteiger partial charge in [0.1, 0.15) is 0 Å². The molecule has 2 heteroatoms. The first-order valence-corrected chi connectivity index (χ1v) is 8.38. The van der Waals surface area contributed by atoms with Crippen LogP contribution in [0.5, 0.6) is 0 Å². The molecule has 2 atom stereocenters. The van der Waals surface area contributed by atoms with Crippen LogP contribution in [0.3, 0.4) is 0 Å². The van der Waals surface area contributed by atoms with E-state index < -0.39 is 0 Å². The van der Waals surface area contributed by atoms with Crippen molar-refractivity contribution in [3.05, 3.63) is 21.9 Å². The molecule has 1 heterocycles. The SMILES string of the molecule is CC[C@@H]1CC[C@@H](CC)P1C1=C(Br)C=CC1. The molecule has 0 aromatic heterocycles. The zero-order chi connectivity index (χ0) is 10.8. The summed E-state index contributed by atoms with van der Waals surface area (Å²) in [6.45, 7) is 4.74. The molecule has 0 aromatic carbocycles. The Morgan fingerprint density at radius 3 is 2.27 bits per heavy atom. The summed E-state index contributed by atoms with van der Waals surface area (Å²) in [5.74, 6) is 0. The van der Waals surface area contributed by atoms with Crippen molar-refractivity contribution in [2.45, 2.75) is 57.3 Å². The van der Waals surface area contributed by atoms with Crippen molar-refractivity contribution in [1.29, 1.82) is 0 Å². The highest BCUT2D eigenvalue weighted by molar-refractivity contribution is 9.12. The predicted molar refractivity (Wildman–Crippen MR) is 74.0 cm³/mol. The van der Waals surface area contributed by atoms with Crippen molar-refractivity contribution in [2.75, 3.05) is 0 Å². The first-order valence-electron chi connectivity index (χ1n) is 6.11. The number of rotatable bonds is 3. The summed E-state index contributed by atoms with van der Waals surface area (Å²) in [5.41, 5.74) is 2.01. The molecular formula is C13H20BrP. The molecule has 15 heavy (non-hydrogen) atoms. The number of hydrogen-bond donors (Lipinski definition) is 0. The minimum absolute atomic E-state index is 0.158. The monoisotopic (exact) mass is 286 g/mol. The average molecular weight is 287 g/mol. The summed E-state index contributed by atoms with van der Waals surface area (Å²) >= 11 is 3.74. The molecule has 1 aliphatic carbocycles. The van der Waals surface area contributed by atoms with Crippen LogP contribution in [0, 0.1) is 0 Å². The zero-order valence-corrected chi connectivity index (χ0v) is 12.2. The van der Waals surface area contributed by atoms with E-state index in [4.69, 9.17) is 0 Å². The fourth-order valence-electron chi connectivity index (χ4n) is 2.90. The van der Waals surface area contributed by atoms with Gasteiger partial charge in [0, 0.05) is 4.48 Å². The van der Waals surface area contributed by atoms with E-state index in [1.54, 1.807) is 5.31 Å². The molecule has 2 rings (SSSR count). The van der Waals surface area contributed by atoms with Crippen LogP contribution in [-0.2, 0) is 0 Å². The molecule has 0 nitrogen and oxygen atoms in total. The Morgan fingerprint density at radius 2 is 1.87 bits per heavy atom. The molecule has 0 amide bonds. The molecule has 0 aromatic rings. The quantitative estimate of drug-likeness (QED) is 0.611. The lowest BCUT2D eigenvalue weighted by atomic mass is 10.1. The average Bonchev–Trinajstić information content (AvgIpc) is 2.82. The molecule has 0 spiro atoms. The molecule has 0 radical (unpaired) electrons. The minimum atomic E-state index is 0.158. The van der Waals surface area contributed by atoms with Crippen molar-refractivity contribution in [2.24, 2.45) is 0 Å². The molecule has 0 saturated carbocycles. The highest BCUT2D eigenvalue weighted by Crippen LogP contribution is 2.66. The van der Waals surface area contributed by atoms with Gasteiger partial charge in [0.25, 0.3) is 0 Å².